The molecule has 0 saturated carbocycles. The van der Waals surface area contributed by atoms with Gasteiger partial charge in [-0.3, -0.25) is 0 Å². The second kappa shape index (κ2) is 9.97. The van der Waals surface area contributed by atoms with Gasteiger partial charge in [-0.05, 0) is 90.0 Å². The van der Waals surface area contributed by atoms with Gasteiger partial charge in [-0.2, -0.15) is 0 Å². The molecule has 0 bridgehead atoms. The van der Waals surface area contributed by atoms with Crippen molar-refractivity contribution in [2.24, 2.45) is 0 Å². The number of benzene rings is 7. The molecule has 1 aromatic heterocycles. The van der Waals surface area contributed by atoms with Crippen LogP contribution in [-0.2, 0) is 0 Å². The molecule has 0 unspecified atom stereocenters. The van der Waals surface area contributed by atoms with E-state index < -0.39 is 0 Å². The molecule has 8 aromatic rings. The summed E-state index contributed by atoms with van der Waals surface area (Å²) in [7, 11) is 0. The van der Waals surface area contributed by atoms with E-state index >= 15 is 0 Å². The standard InChI is InChI=1S/C41H27NO/c1-2-26(22-23-42)27-10-12-28(13-11-27)36-25-37(35-21-19-32-8-5-7-31-18-20-34(36)41(35)40(31)32)29-14-16-30(17-15-29)39-24-33-6-3-4-9-38(33)43-39/h2-25,42H,1H2/b26-22+,42-23?. The molecule has 0 aliphatic rings. The summed E-state index contributed by atoms with van der Waals surface area (Å²) in [5, 5.41) is 16.2. The van der Waals surface area contributed by atoms with Crippen LogP contribution >= 0.6 is 0 Å². The zero-order valence-electron chi connectivity index (χ0n) is 23.5. The first kappa shape index (κ1) is 25.0. The number of nitrogens with one attached hydrogen (secondary N) is 1. The molecular formula is C41H27NO. The van der Waals surface area contributed by atoms with E-state index in [0.29, 0.717) is 0 Å². The minimum absolute atomic E-state index is 0.875. The van der Waals surface area contributed by atoms with E-state index in [1.165, 1.54) is 55.2 Å². The molecular weight excluding hydrogens is 522 g/mol. The van der Waals surface area contributed by atoms with E-state index in [0.717, 1.165) is 39.0 Å². The summed E-state index contributed by atoms with van der Waals surface area (Å²) in [5.41, 5.74) is 8.66. The van der Waals surface area contributed by atoms with E-state index in [-0.39, 0.29) is 0 Å². The van der Waals surface area contributed by atoms with Crippen molar-refractivity contribution in [3.63, 3.8) is 0 Å². The Morgan fingerprint density at radius 3 is 1.81 bits per heavy atom. The van der Waals surface area contributed by atoms with Crippen LogP contribution in [0.25, 0.3) is 82.4 Å². The topological polar surface area (TPSA) is 37.0 Å². The first-order chi connectivity index (χ1) is 21.2. The maximum atomic E-state index is 7.49. The lowest BCUT2D eigenvalue weighted by Gasteiger charge is -2.18. The van der Waals surface area contributed by atoms with Gasteiger partial charge in [0.05, 0.1) is 0 Å². The van der Waals surface area contributed by atoms with Gasteiger partial charge in [-0.1, -0.05) is 122 Å². The highest BCUT2D eigenvalue weighted by molar-refractivity contribution is 6.28. The van der Waals surface area contributed by atoms with Crippen LogP contribution in [0.3, 0.4) is 0 Å². The molecule has 0 saturated heterocycles. The number of allylic oxidation sites excluding steroid dienone is 3. The lowest BCUT2D eigenvalue weighted by Crippen LogP contribution is -1.91. The molecule has 7 aromatic carbocycles. The quantitative estimate of drug-likeness (QED) is 0.125. The van der Waals surface area contributed by atoms with Crippen molar-refractivity contribution in [2.45, 2.75) is 0 Å². The van der Waals surface area contributed by atoms with Crippen LogP contribution in [0.4, 0.5) is 0 Å². The monoisotopic (exact) mass is 549 g/mol. The molecule has 0 radical (unpaired) electrons. The van der Waals surface area contributed by atoms with Crippen molar-refractivity contribution in [3.05, 3.63) is 152 Å². The Balaban J connectivity index is 1.33. The molecule has 2 nitrogen and oxygen atoms in total. The predicted molar refractivity (Wildman–Crippen MR) is 183 cm³/mol. The number of hydrogen-bond donors (Lipinski definition) is 1. The number of furan rings is 1. The highest BCUT2D eigenvalue weighted by Crippen LogP contribution is 2.44. The average Bonchev–Trinajstić information content (AvgIpc) is 3.51. The van der Waals surface area contributed by atoms with Gasteiger partial charge in [0.25, 0.3) is 0 Å². The van der Waals surface area contributed by atoms with Crippen LogP contribution in [0, 0.1) is 5.41 Å². The van der Waals surface area contributed by atoms with Crippen LogP contribution in [0.1, 0.15) is 5.56 Å². The smallest absolute Gasteiger partial charge is 0.135 e. The zero-order chi connectivity index (χ0) is 28.9. The summed E-state index contributed by atoms with van der Waals surface area (Å²) in [6.07, 6.45) is 4.87. The van der Waals surface area contributed by atoms with Crippen LogP contribution in [0.2, 0.25) is 0 Å². The molecule has 43 heavy (non-hydrogen) atoms. The Kier molecular flexibility index (Phi) is 5.80. The van der Waals surface area contributed by atoms with Gasteiger partial charge in [0.1, 0.15) is 11.3 Å². The fourth-order valence-corrected chi connectivity index (χ4v) is 6.46. The van der Waals surface area contributed by atoms with E-state index in [4.69, 9.17) is 9.83 Å². The van der Waals surface area contributed by atoms with Gasteiger partial charge in [0, 0.05) is 17.2 Å². The Bertz CT molecular complexity index is 2300. The Labute approximate surface area is 249 Å². The van der Waals surface area contributed by atoms with Gasteiger partial charge < -0.3 is 9.83 Å². The molecule has 0 aliphatic heterocycles. The summed E-state index contributed by atoms with van der Waals surface area (Å²) in [5.74, 6) is 0.875. The minimum Gasteiger partial charge on any atom is -0.456 e. The first-order valence-corrected chi connectivity index (χ1v) is 14.5. The average molecular weight is 550 g/mol. The highest BCUT2D eigenvalue weighted by atomic mass is 16.3. The van der Waals surface area contributed by atoms with Crippen molar-refractivity contribution >= 4 is 55.1 Å². The van der Waals surface area contributed by atoms with Gasteiger partial charge in [-0.25, -0.2) is 0 Å². The SMILES string of the molecule is C=C/C(=C\C=N)c1ccc(-c2cc(-c3ccc(-c4cc5ccccc5o4)cc3)c3ccc4cccc5ccc2c3c54)cc1. The summed E-state index contributed by atoms with van der Waals surface area (Å²) in [6, 6.07) is 45.5. The third-order valence-electron chi connectivity index (χ3n) is 8.56. The summed E-state index contributed by atoms with van der Waals surface area (Å²) in [4.78, 5) is 0. The van der Waals surface area contributed by atoms with Crippen molar-refractivity contribution in [1.29, 1.82) is 5.41 Å². The summed E-state index contributed by atoms with van der Waals surface area (Å²) < 4.78 is 6.15. The molecule has 202 valence electrons. The number of hydrogen-bond acceptors (Lipinski definition) is 2. The molecule has 0 amide bonds. The number of fused-ring (bicyclic) bond motifs is 1. The molecule has 0 spiro atoms. The van der Waals surface area contributed by atoms with Crippen molar-refractivity contribution in [1.82, 2.24) is 0 Å². The molecule has 1 heterocycles. The fraction of sp³-hybridized carbons (Fsp3) is 0. The van der Waals surface area contributed by atoms with Gasteiger partial charge in [-0.15, -0.1) is 0 Å². The molecule has 0 aliphatic carbocycles. The second-order valence-electron chi connectivity index (χ2n) is 10.9. The normalized spacial score (nSPS) is 12.0. The van der Waals surface area contributed by atoms with Gasteiger partial charge in [0.15, 0.2) is 0 Å². The van der Waals surface area contributed by atoms with E-state index in [9.17, 15) is 0 Å². The largest absolute Gasteiger partial charge is 0.456 e. The lowest BCUT2D eigenvalue weighted by molar-refractivity contribution is 0.631. The maximum Gasteiger partial charge on any atom is 0.135 e. The number of rotatable bonds is 6. The molecule has 8 rings (SSSR count). The number of para-hydroxylation sites is 1. The third kappa shape index (κ3) is 4.07. The molecule has 2 heteroatoms. The van der Waals surface area contributed by atoms with Crippen molar-refractivity contribution in [2.75, 3.05) is 0 Å². The Morgan fingerprint density at radius 2 is 1.19 bits per heavy atom. The van der Waals surface area contributed by atoms with Crippen LogP contribution in [-0.4, -0.2) is 6.21 Å². The minimum atomic E-state index is 0.875. The van der Waals surface area contributed by atoms with Gasteiger partial charge >= 0.3 is 0 Å². The van der Waals surface area contributed by atoms with E-state index in [1.54, 1.807) is 12.2 Å². The van der Waals surface area contributed by atoms with Crippen LogP contribution in [0.5, 0.6) is 0 Å². The predicted octanol–water partition coefficient (Wildman–Crippen LogP) is 11.6. The fourth-order valence-electron chi connectivity index (χ4n) is 6.46. The summed E-state index contributed by atoms with van der Waals surface area (Å²) in [6.45, 7) is 3.93. The Hall–Kier alpha value is -5.73. The van der Waals surface area contributed by atoms with Crippen LogP contribution in [0.15, 0.2) is 151 Å². The van der Waals surface area contributed by atoms with Crippen LogP contribution < -0.4 is 0 Å². The first-order valence-electron chi connectivity index (χ1n) is 14.5. The lowest BCUT2D eigenvalue weighted by atomic mass is 9.85. The van der Waals surface area contributed by atoms with Crippen molar-refractivity contribution < 1.29 is 4.42 Å². The van der Waals surface area contributed by atoms with Crippen molar-refractivity contribution in [3.8, 4) is 33.6 Å². The molecule has 1 N–H and O–H groups in total. The summed E-state index contributed by atoms with van der Waals surface area (Å²) >= 11 is 0. The Morgan fingerprint density at radius 1 is 0.581 bits per heavy atom. The maximum absolute atomic E-state index is 7.49. The van der Waals surface area contributed by atoms with Gasteiger partial charge in [0.2, 0.25) is 0 Å². The van der Waals surface area contributed by atoms with E-state index in [2.05, 4.69) is 116 Å². The zero-order valence-corrected chi connectivity index (χ0v) is 23.5. The molecule has 0 fully saturated rings. The highest BCUT2D eigenvalue weighted by Gasteiger charge is 2.17. The third-order valence-corrected chi connectivity index (χ3v) is 8.56. The molecule has 0 atom stereocenters. The van der Waals surface area contributed by atoms with E-state index in [1.807, 2.05) is 18.2 Å². The second-order valence-corrected chi connectivity index (χ2v) is 10.9.